The fourth-order valence-electron chi connectivity index (χ4n) is 2.51. The number of hydrogen-bond acceptors (Lipinski definition) is 3. The van der Waals surface area contributed by atoms with Crippen molar-refractivity contribution in [2.75, 3.05) is 7.11 Å². The van der Waals surface area contributed by atoms with E-state index in [1.54, 1.807) is 13.2 Å². The summed E-state index contributed by atoms with van der Waals surface area (Å²) in [4.78, 5) is 16.0. The molecule has 1 aliphatic carbocycles. The molecule has 1 aromatic carbocycles. The molecular weight excluding hydrogens is 266 g/mol. The summed E-state index contributed by atoms with van der Waals surface area (Å²) < 4.78 is 5.16. The lowest BCUT2D eigenvalue weighted by molar-refractivity contribution is 0.0695. The average Bonchev–Trinajstić information content (AvgIpc) is 3.31. The Kier molecular flexibility index (Phi) is 3.37. The summed E-state index contributed by atoms with van der Waals surface area (Å²) in [5, 5.41) is 9.34. The minimum absolute atomic E-state index is 0.300. The Morgan fingerprint density at radius 3 is 2.48 bits per heavy atom. The first-order chi connectivity index (χ1) is 10.1. The van der Waals surface area contributed by atoms with Gasteiger partial charge in [-0.1, -0.05) is 0 Å². The zero-order valence-corrected chi connectivity index (χ0v) is 12.1. The van der Waals surface area contributed by atoms with Crippen LogP contribution < -0.4 is 4.74 Å². The Hall–Kier alpha value is -2.36. The number of carboxylic acids is 1. The van der Waals surface area contributed by atoms with Crippen molar-refractivity contribution >= 4 is 5.97 Å². The third-order valence-electron chi connectivity index (χ3n) is 3.80. The predicted octanol–water partition coefficient (Wildman–Crippen LogP) is 3.64. The van der Waals surface area contributed by atoms with Gasteiger partial charge in [-0.15, -0.1) is 0 Å². The number of rotatable bonds is 4. The van der Waals surface area contributed by atoms with Crippen molar-refractivity contribution < 1.29 is 14.6 Å². The number of benzene rings is 1. The Bertz CT molecular complexity index is 688. The minimum Gasteiger partial charge on any atom is -0.497 e. The standard InChI is InChI=1S/C17H17NO3/c1-10-9-14(17(19)20)16(12-3-4-12)18-15(10)11-5-7-13(21-2)8-6-11/h5-9,12H,3-4H2,1-2H3,(H,19,20). The van der Waals surface area contributed by atoms with Gasteiger partial charge in [0.15, 0.2) is 0 Å². The van der Waals surface area contributed by atoms with Crippen LogP contribution in [0.5, 0.6) is 5.75 Å². The molecule has 0 bridgehead atoms. The van der Waals surface area contributed by atoms with Crippen LogP contribution in [0.1, 0.15) is 40.4 Å². The molecule has 4 nitrogen and oxygen atoms in total. The Morgan fingerprint density at radius 2 is 1.95 bits per heavy atom. The molecule has 3 rings (SSSR count). The van der Waals surface area contributed by atoms with Gasteiger partial charge in [0, 0.05) is 11.5 Å². The van der Waals surface area contributed by atoms with E-state index in [9.17, 15) is 9.90 Å². The number of pyridine rings is 1. The first-order valence-electron chi connectivity index (χ1n) is 6.99. The SMILES string of the molecule is COc1ccc(-c2nc(C3CC3)c(C(=O)O)cc2C)cc1. The van der Waals surface area contributed by atoms with Crippen molar-refractivity contribution in [3.63, 3.8) is 0 Å². The monoisotopic (exact) mass is 283 g/mol. The molecule has 1 aromatic heterocycles. The number of aryl methyl sites for hydroxylation is 1. The highest BCUT2D eigenvalue weighted by atomic mass is 16.5. The topological polar surface area (TPSA) is 59.4 Å². The first-order valence-corrected chi connectivity index (χ1v) is 6.99. The summed E-state index contributed by atoms with van der Waals surface area (Å²) >= 11 is 0. The molecule has 0 spiro atoms. The maximum absolute atomic E-state index is 11.4. The lowest BCUT2D eigenvalue weighted by atomic mass is 10.0. The van der Waals surface area contributed by atoms with Gasteiger partial charge in [0.25, 0.3) is 0 Å². The highest BCUT2D eigenvalue weighted by molar-refractivity contribution is 5.90. The third kappa shape index (κ3) is 2.61. The van der Waals surface area contributed by atoms with E-state index >= 15 is 0 Å². The first kappa shape index (κ1) is 13.6. The van der Waals surface area contributed by atoms with Crippen molar-refractivity contribution in [1.82, 2.24) is 4.98 Å². The number of carbonyl (C=O) groups is 1. The number of nitrogens with zero attached hydrogens (tertiary/aromatic N) is 1. The largest absolute Gasteiger partial charge is 0.497 e. The number of carboxylic acid groups (broad SMARTS) is 1. The Balaban J connectivity index is 2.09. The van der Waals surface area contributed by atoms with Crippen molar-refractivity contribution in [3.05, 3.63) is 47.2 Å². The van der Waals surface area contributed by atoms with E-state index < -0.39 is 5.97 Å². The van der Waals surface area contributed by atoms with E-state index in [1.807, 2.05) is 31.2 Å². The number of aromatic carboxylic acids is 1. The Labute approximate surface area is 123 Å². The van der Waals surface area contributed by atoms with E-state index in [4.69, 9.17) is 4.74 Å². The minimum atomic E-state index is -0.895. The van der Waals surface area contributed by atoms with Gasteiger partial charge < -0.3 is 9.84 Å². The summed E-state index contributed by atoms with van der Waals surface area (Å²) in [6.45, 7) is 1.90. The molecular formula is C17H17NO3. The molecule has 1 N–H and O–H groups in total. The van der Waals surface area contributed by atoms with Crippen LogP contribution in [0, 0.1) is 6.92 Å². The fraction of sp³-hybridized carbons (Fsp3) is 0.294. The van der Waals surface area contributed by atoms with E-state index in [-0.39, 0.29) is 0 Å². The highest BCUT2D eigenvalue weighted by Gasteiger charge is 2.30. The summed E-state index contributed by atoms with van der Waals surface area (Å²) in [5.74, 6) is 0.198. The number of aromatic nitrogens is 1. The highest BCUT2D eigenvalue weighted by Crippen LogP contribution is 2.42. The fourth-order valence-corrected chi connectivity index (χ4v) is 2.51. The van der Waals surface area contributed by atoms with Gasteiger partial charge >= 0.3 is 5.97 Å². The molecule has 2 aromatic rings. The number of methoxy groups -OCH3 is 1. The molecule has 0 aliphatic heterocycles. The van der Waals surface area contributed by atoms with Crippen LogP contribution in [0.25, 0.3) is 11.3 Å². The molecule has 1 heterocycles. The lowest BCUT2D eigenvalue weighted by Crippen LogP contribution is -2.06. The molecule has 108 valence electrons. The normalized spacial score (nSPS) is 14.0. The van der Waals surface area contributed by atoms with Crippen molar-refractivity contribution in [1.29, 1.82) is 0 Å². The van der Waals surface area contributed by atoms with E-state index in [0.29, 0.717) is 11.5 Å². The van der Waals surface area contributed by atoms with E-state index in [0.717, 1.165) is 41.1 Å². The molecule has 21 heavy (non-hydrogen) atoms. The van der Waals surface area contributed by atoms with Crippen LogP contribution in [0.3, 0.4) is 0 Å². The molecule has 0 amide bonds. The summed E-state index contributed by atoms with van der Waals surface area (Å²) in [6, 6.07) is 9.41. The lowest BCUT2D eigenvalue weighted by Gasteiger charge is -2.11. The van der Waals surface area contributed by atoms with Crippen LogP contribution in [0.4, 0.5) is 0 Å². The molecule has 4 heteroatoms. The zero-order chi connectivity index (χ0) is 15.0. The van der Waals surface area contributed by atoms with Crippen LogP contribution in [0.2, 0.25) is 0 Å². The van der Waals surface area contributed by atoms with E-state index in [2.05, 4.69) is 4.98 Å². The van der Waals surface area contributed by atoms with Crippen molar-refractivity contribution in [2.24, 2.45) is 0 Å². The summed E-state index contributed by atoms with van der Waals surface area (Å²) in [6.07, 6.45) is 2.05. The second kappa shape index (κ2) is 5.20. The van der Waals surface area contributed by atoms with Gasteiger partial charge in [-0.2, -0.15) is 0 Å². The maximum atomic E-state index is 11.4. The number of hydrogen-bond donors (Lipinski definition) is 1. The average molecular weight is 283 g/mol. The van der Waals surface area contributed by atoms with Gasteiger partial charge in [0.1, 0.15) is 5.75 Å². The third-order valence-corrected chi connectivity index (χ3v) is 3.80. The number of ether oxygens (including phenoxy) is 1. The van der Waals surface area contributed by atoms with Gasteiger partial charge in [-0.25, -0.2) is 4.79 Å². The molecule has 0 saturated heterocycles. The van der Waals surface area contributed by atoms with Crippen molar-refractivity contribution in [2.45, 2.75) is 25.7 Å². The molecule has 0 atom stereocenters. The molecule has 1 aliphatic rings. The quantitative estimate of drug-likeness (QED) is 0.930. The predicted molar refractivity (Wildman–Crippen MR) is 79.9 cm³/mol. The molecule has 0 radical (unpaired) electrons. The Morgan fingerprint density at radius 1 is 1.29 bits per heavy atom. The molecule has 1 saturated carbocycles. The maximum Gasteiger partial charge on any atom is 0.337 e. The zero-order valence-electron chi connectivity index (χ0n) is 12.1. The van der Waals surface area contributed by atoms with Gasteiger partial charge in [-0.3, -0.25) is 4.98 Å². The van der Waals surface area contributed by atoms with Crippen molar-refractivity contribution in [3.8, 4) is 17.0 Å². The summed E-state index contributed by atoms with van der Waals surface area (Å²) in [5.41, 5.74) is 3.77. The van der Waals surface area contributed by atoms with E-state index in [1.165, 1.54) is 0 Å². The van der Waals surface area contributed by atoms with Crippen LogP contribution >= 0.6 is 0 Å². The second-order valence-electron chi connectivity index (χ2n) is 5.39. The van der Waals surface area contributed by atoms with Crippen LogP contribution in [0.15, 0.2) is 30.3 Å². The smallest absolute Gasteiger partial charge is 0.337 e. The van der Waals surface area contributed by atoms with Crippen LogP contribution in [-0.4, -0.2) is 23.2 Å². The van der Waals surface area contributed by atoms with Gasteiger partial charge in [-0.05, 0) is 55.7 Å². The van der Waals surface area contributed by atoms with Gasteiger partial charge in [0.05, 0.1) is 24.1 Å². The van der Waals surface area contributed by atoms with Gasteiger partial charge in [0.2, 0.25) is 0 Å². The molecule has 0 unspecified atom stereocenters. The van der Waals surface area contributed by atoms with Crippen LogP contribution in [-0.2, 0) is 0 Å². The summed E-state index contributed by atoms with van der Waals surface area (Å²) in [7, 11) is 1.63. The second-order valence-corrected chi connectivity index (χ2v) is 5.39. The molecule has 1 fully saturated rings.